The molecule has 1 aromatic carbocycles. The van der Waals surface area contributed by atoms with Gasteiger partial charge < -0.3 is 0 Å². The Bertz CT molecular complexity index is 617. The number of benzene rings is 1. The first-order valence-electron chi connectivity index (χ1n) is 6.73. The van der Waals surface area contributed by atoms with E-state index in [0.717, 1.165) is 12.1 Å². The molecule has 1 rings (SSSR count). The molecule has 0 saturated heterocycles. The Balaban J connectivity index is 3.33. The van der Waals surface area contributed by atoms with Crippen molar-refractivity contribution in [3.63, 3.8) is 0 Å². The molecule has 120 valence electrons. The third-order valence-electron chi connectivity index (χ3n) is 3.10. The molecule has 0 radical (unpaired) electrons. The standard InChI is InChI=1S/C17H19F4N/c1-6-22-15(16(4,5)18)9-12(3)14-10-13(17(19,20)21)8-7-11(14)2/h6-10H,3H2,1-2,4-5H3/b15-9-,22-6-. The first kappa shape index (κ1) is 18.1. The molecular weight excluding hydrogens is 294 g/mol. The van der Waals surface area contributed by atoms with Gasteiger partial charge >= 0.3 is 6.18 Å². The zero-order chi connectivity index (χ0) is 17.1. The summed E-state index contributed by atoms with van der Waals surface area (Å²) in [5, 5.41) is 0. The number of rotatable bonds is 4. The lowest BCUT2D eigenvalue weighted by Crippen LogP contribution is -2.14. The molecule has 0 aliphatic carbocycles. The van der Waals surface area contributed by atoms with Crippen molar-refractivity contribution >= 4 is 11.8 Å². The summed E-state index contributed by atoms with van der Waals surface area (Å²) in [7, 11) is 0. The van der Waals surface area contributed by atoms with Crippen LogP contribution < -0.4 is 0 Å². The van der Waals surface area contributed by atoms with Crippen LogP contribution in [0.25, 0.3) is 5.57 Å². The minimum Gasteiger partial charge on any atom is -0.263 e. The van der Waals surface area contributed by atoms with Gasteiger partial charge in [-0.05, 0) is 62.6 Å². The molecule has 1 nitrogen and oxygen atoms in total. The van der Waals surface area contributed by atoms with Crippen molar-refractivity contribution in [2.45, 2.75) is 39.5 Å². The summed E-state index contributed by atoms with van der Waals surface area (Å²) in [5.41, 5.74) is -1.13. The van der Waals surface area contributed by atoms with Gasteiger partial charge in [0.15, 0.2) is 0 Å². The fourth-order valence-electron chi connectivity index (χ4n) is 1.89. The van der Waals surface area contributed by atoms with Crippen molar-refractivity contribution in [3.8, 4) is 0 Å². The van der Waals surface area contributed by atoms with Crippen LogP contribution in [-0.4, -0.2) is 11.9 Å². The summed E-state index contributed by atoms with van der Waals surface area (Å²) in [6.07, 6.45) is -1.63. The van der Waals surface area contributed by atoms with Crippen LogP contribution in [0, 0.1) is 6.92 Å². The van der Waals surface area contributed by atoms with Gasteiger partial charge in [0, 0.05) is 6.21 Å². The summed E-state index contributed by atoms with van der Waals surface area (Å²) in [6, 6.07) is 3.41. The monoisotopic (exact) mass is 313 g/mol. The van der Waals surface area contributed by atoms with Gasteiger partial charge in [-0.2, -0.15) is 13.2 Å². The molecule has 0 heterocycles. The molecule has 0 fully saturated rings. The SMILES string of the molecule is C=C(/C=C(\N=C/C)C(C)(C)F)c1cc(C(F)(F)F)ccc1C. The van der Waals surface area contributed by atoms with Crippen LogP contribution in [0.4, 0.5) is 17.6 Å². The molecule has 0 aliphatic heterocycles. The molecule has 0 saturated carbocycles. The molecule has 0 spiro atoms. The number of nitrogens with zero attached hydrogens (tertiary/aromatic N) is 1. The van der Waals surface area contributed by atoms with Gasteiger partial charge in [0.25, 0.3) is 0 Å². The molecule has 0 aromatic heterocycles. The number of allylic oxidation sites excluding steroid dienone is 3. The van der Waals surface area contributed by atoms with E-state index < -0.39 is 17.4 Å². The number of halogens is 4. The van der Waals surface area contributed by atoms with Gasteiger partial charge in [0.1, 0.15) is 5.67 Å². The van der Waals surface area contributed by atoms with Crippen LogP contribution in [-0.2, 0) is 6.18 Å². The van der Waals surface area contributed by atoms with E-state index >= 15 is 0 Å². The minimum absolute atomic E-state index is 0.108. The molecule has 0 bridgehead atoms. The second-order valence-corrected chi connectivity index (χ2v) is 5.44. The van der Waals surface area contributed by atoms with Gasteiger partial charge in [-0.15, -0.1) is 0 Å². The van der Waals surface area contributed by atoms with E-state index in [9.17, 15) is 17.6 Å². The Morgan fingerprint density at radius 3 is 2.23 bits per heavy atom. The fourth-order valence-corrected chi connectivity index (χ4v) is 1.89. The Morgan fingerprint density at radius 1 is 1.18 bits per heavy atom. The molecule has 1 aromatic rings. The van der Waals surface area contributed by atoms with Crippen LogP contribution in [0.2, 0.25) is 0 Å². The average molecular weight is 313 g/mol. The predicted octanol–water partition coefficient (Wildman–Crippen LogP) is 5.75. The van der Waals surface area contributed by atoms with E-state index in [0.29, 0.717) is 11.1 Å². The highest BCUT2D eigenvalue weighted by Gasteiger charge is 2.31. The molecule has 5 heteroatoms. The summed E-state index contributed by atoms with van der Waals surface area (Å²) in [6.45, 7) is 9.74. The van der Waals surface area contributed by atoms with Crippen LogP contribution in [0.15, 0.2) is 41.5 Å². The second kappa shape index (κ2) is 6.46. The Hall–Kier alpha value is -1.91. The highest BCUT2D eigenvalue weighted by molar-refractivity contribution is 5.76. The highest BCUT2D eigenvalue weighted by atomic mass is 19.4. The molecular formula is C17H19F4N. The van der Waals surface area contributed by atoms with Crippen molar-refractivity contribution in [3.05, 3.63) is 53.2 Å². The lowest BCUT2D eigenvalue weighted by Gasteiger charge is -2.17. The van der Waals surface area contributed by atoms with Crippen LogP contribution in [0.1, 0.15) is 37.5 Å². The van der Waals surface area contributed by atoms with Crippen molar-refractivity contribution in [1.29, 1.82) is 0 Å². The lowest BCUT2D eigenvalue weighted by molar-refractivity contribution is -0.137. The number of hydrogen-bond acceptors (Lipinski definition) is 1. The molecule has 0 unspecified atom stereocenters. The predicted molar refractivity (Wildman–Crippen MR) is 82.7 cm³/mol. The summed E-state index contributed by atoms with van der Waals surface area (Å²) in [5.74, 6) is 0. The van der Waals surface area contributed by atoms with E-state index in [1.54, 1.807) is 13.8 Å². The maximum absolute atomic E-state index is 14.1. The molecule has 22 heavy (non-hydrogen) atoms. The van der Waals surface area contributed by atoms with Crippen LogP contribution in [0.5, 0.6) is 0 Å². The molecule has 0 atom stereocenters. The third kappa shape index (κ3) is 4.55. The zero-order valence-corrected chi connectivity index (χ0v) is 13.1. The number of alkyl halides is 4. The fraction of sp³-hybridized carbons (Fsp3) is 0.353. The summed E-state index contributed by atoms with van der Waals surface area (Å²) >= 11 is 0. The molecule has 0 aliphatic rings. The van der Waals surface area contributed by atoms with E-state index in [4.69, 9.17) is 0 Å². The molecule has 0 N–H and O–H groups in total. The quantitative estimate of drug-likeness (QED) is 0.381. The Kier molecular flexibility index (Phi) is 5.33. The molecule has 0 amide bonds. The van der Waals surface area contributed by atoms with E-state index in [1.807, 2.05) is 0 Å². The summed E-state index contributed by atoms with van der Waals surface area (Å²) in [4.78, 5) is 3.94. The van der Waals surface area contributed by atoms with Gasteiger partial charge in [-0.3, -0.25) is 4.99 Å². The topological polar surface area (TPSA) is 12.4 Å². The van der Waals surface area contributed by atoms with E-state index in [-0.39, 0.29) is 11.3 Å². The Labute approximate surface area is 128 Å². The highest BCUT2D eigenvalue weighted by Crippen LogP contribution is 2.33. The van der Waals surface area contributed by atoms with Gasteiger partial charge in [0.05, 0.1) is 11.3 Å². The van der Waals surface area contributed by atoms with Gasteiger partial charge in [0.2, 0.25) is 0 Å². The Morgan fingerprint density at radius 2 is 1.77 bits per heavy atom. The van der Waals surface area contributed by atoms with Crippen molar-refractivity contribution in [2.24, 2.45) is 4.99 Å². The number of hydrogen-bond donors (Lipinski definition) is 0. The maximum atomic E-state index is 14.1. The maximum Gasteiger partial charge on any atom is 0.416 e. The average Bonchev–Trinajstić information content (AvgIpc) is 2.36. The zero-order valence-electron chi connectivity index (χ0n) is 13.1. The van der Waals surface area contributed by atoms with Crippen molar-refractivity contribution in [1.82, 2.24) is 0 Å². The van der Waals surface area contributed by atoms with E-state index in [1.165, 1.54) is 32.2 Å². The number of aliphatic imine (C=N–C) groups is 1. The minimum atomic E-state index is -4.43. The third-order valence-corrected chi connectivity index (χ3v) is 3.10. The van der Waals surface area contributed by atoms with Crippen molar-refractivity contribution in [2.75, 3.05) is 0 Å². The largest absolute Gasteiger partial charge is 0.416 e. The van der Waals surface area contributed by atoms with Crippen LogP contribution in [0.3, 0.4) is 0 Å². The van der Waals surface area contributed by atoms with Gasteiger partial charge in [-0.1, -0.05) is 12.6 Å². The first-order chi connectivity index (χ1) is 9.96. The van der Waals surface area contributed by atoms with E-state index in [2.05, 4.69) is 11.6 Å². The summed E-state index contributed by atoms with van der Waals surface area (Å²) < 4.78 is 52.5. The first-order valence-corrected chi connectivity index (χ1v) is 6.73. The second-order valence-electron chi connectivity index (χ2n) is 5.44. The lowest BCUT2D eigenvalue weighted by atomic mass is 9.96. The smallest absolute Gasteiger partial charge is 0.263 e. The normalized spacial score (nSPS) is 13.7. The van der Waals surface area contributed by atoms with Crippen molar-refractivity contribution < 1.29 is 17.6 Å². The van der Waals surface area contributed by atoms with Gasteiger partial charge in [-0.25, -0.2) is 4.39 Å². The van der Waals surface area contributed by atoms with Crippen LogP contribution >= 0.6 is 0 Å². The number of aryl methyl sites for hydroxylation is 1.